The monoisotopic (exact) mass is 256 g/mol. The average Bonchev–Trinajstić information content (AvgIpc) is 2.37. The summed E-state index contributed by atoms with van der Waals surface area (Å²) < 4.78 is 5.36. The molecule has 2 aliphatic rings. The molecular formula is C13H24N2O3. The van der Waals surface area contributed by atoms with Gasteiger partial charge in [-0.25, -0.2) is 15.1 Å². The van der Waals surface area contributed by atoms with Gasteiger partial charge in [0.05, 0.1) is 0 Å². The van der Waals surface area contributed by atoms with Crippen LogP contribution in [0.2, 0.25) is 0 Å². The summed E-state index contributed by atoms with van der Waals surface area (Å²) in [7, 11) is 0. The number of nitrogens with one attached hydrogen (secondary N) is 2. The molecule has 2 amide bonds. The number of hydrogen-bond donors (Lipinski definition) is 2. The Balaban J connectivity index is 1.59. The standard InChI is InChI=1S/C13H24N2O3/c1-2-13(7-5-8-13)10-14-12(16)15-18-11-6-3-4-9-17-11/h11H,2-10H2,1H3,(H2,14,15,16). The van der Waals surface area contributed by atoms with Crippen molar-refractivity contribution in [3.8, 4) is 0 Å². The van der Waals surface area contributed by atoms with Crippen LogP contribution in [0.5, 0.6) is 0 Å². The van der Waals surface area contributed by atoms with E-state index in [0.717, 1.165) is 32.2 Å². The van der Waals surface area contributed by atoms with Gasteiger partial charge < -0.3 is 10.1 Å². The van der Waals surface area contributed by atoms with E-state index in [0.29, 0.717) is 12.0 Å². The highest BCUT2D eigenvalue weighted by Gasteiger charge is 2.35. The van der Waals surface area contributed by atoms with Crippen molar-refractivity contribution in [2.24, 2.45) is 5.41 Å². The molecule has 2 rings (SSSR count). The summed E-state index contributed by atoms with van der Waals surface area (Å²) in [6, 6.07) is -0.260. The zero-order valence-electron chi connectivity index (χ0n) is 11.2. The maximum Gasteiger partial charge on any atom is 0.338 e. The Morgan fingerprint density at radius 3 is 2.78 bits per heavy atom. The first-order valence-electron chi connectivity index (χ1n) is 7.05. The summed E-state index contributed by atoms with van der Waals surface area (Å²) in [6.45, 7) is 3.64. The van der Waals surface area contributed by atoms with E-state index < -0.39 is 0 Å². The Kier molecular flexibility index (Phi) is 4.83. The molecule has 1 atom stereocenters. The fourth-order valence-electron chi connectivity index (χ4n) is 2.56. The van der Waals surface area contributed by atoms with Gasteiger partial charge in [0.25, 0.3) is 0 Å². The molecule has 1 saturated carbocycles. The van der Waals surface area contributed by atoms with Crippen LogP contribution < -0.4 is 10.8 Å². The van der Waals surface area contributed by atoms with Gasteiger partial charge in [-0.15, -0.1) is 0 Å². The van der Waals surface area contributed by atoms with Gasteiger partial charge in [0.2, 0.25) is 0 Å². The largest absolute Gasteiger partial charge is 0.350 e. The lowest BCUT2D eigenvalue weighted by atomic mass is 9.67. The zero-order chi connectivity index (χ0) is 12.8. The molecular weight excluding hydrogens is 232 g/mol. The lowest BCUT2D eigenvalue weighted by Gasteiger charge is -2.41. The van der Waals surface area contributed by atoms with Crippen LogP contribution in [0.4, 0.5) is 4.79 Å². The lowest BCUT2D eigenvalue weighted by molar-refractivity contribution is -0.186. The van der Waals surface area contributed by atoms with Gasteiger partial charge >= 0.3 is 6.03 Å². The zero-order valence-corrected chi connectivity index (χ0v) is 11.2. The van der Waals surface area contributed by atoms with Crippen molar-refractivity contribution in [3.63, 3.8) is 0 Å². The van der Waals surface area contributed by atoms with Gasteiger partial charge in [-0.1, -0.05) is 13.3 Å². The van der Waals surface area contributed by atoms with E-state index in [1.54, 1.807) is 0 Å². The van der Waals surface area contributed by atoms with Gasteiger partial charge in [0.15, 0.2) is 6.29 Å². The highest BCUT2D eigenvalue weighted by Crippen LogP contribution is 2.42. The summed E-state index contributed by atoms with van der Waals surface area (Å²) in [5, 5.41) is 2.89. The molecule has 104 valence electrons. The third-order valence-corrected chi connectivity index (χ3v) is 4.21. The van der Waals surface area contributed by atoms with Crippen molar-refractivity contribution < 1.29 is 14.4 Å². The molecule has 0 aromatic rings. The van der Waals surface area contributed by atoms with E-state index >= 15 is 0 Å². The van der Waals surface area contributed by atoms with E-state index in [1.165, 1.54) is 19.3 Å². The minimum absolute atomic E-state index is 0.260. The summed E-state index contributed by atoms with van der Waals surface area (Å²) in [4.78, 5) is 16.8. The molecule has 18 heavy (non-hydrogen) atoms. The predicted molar refractivity (Wildman–Crippen MR) is 67.8 cm³/mol. The van der Waals surface area contributed by atoms with Crippen LogP contribution in [-0.4, -0.2) is 25.5 Å². The Bertz CT molecular complexity index is 268. The summed E-state index contributed by atoms with van der Waals surface area (Å²) in [5.74, 6) is 0. The molecule has 1 aliphatic heterocycles. The van der Waals surface area contributed by atoms with Gasteiger partial charge in [-0.05, 0) is 37.5 Å². The molecule has 1 heterocycles. The second kappa shape index (κ2) is 6.38. The Morgan fingerprint density at radius 1 is 1.39 bits per heavy atom. The number of amides is 2. The SMILES string of the molecule is CCC1(CNC(=O)NOC2CCCCO2)CCC1. The average molecular weight is 256 g/mol. The quantitative estimate of drug-likeness (QED) is 0.742. The molecule has 0 aromatic carbocycles. The van der Waals surface area contributed by atoms with E-state index in [4.69, 9.17) is 9.57 Å². The molecule has 0 aromatic heterocycles. The third kappa shape index (κ3) is 3.59. The molecule has 0 spiro atoms. The molecule has 5 nitrogen and oxygen atoms in total. The predicted octanol–water partition coefficient (Wildman–Crippen LogP) is 2.32. The van der Waals surface area contributed by atoms with Crippen molar-refractivity contribution in [2.45, 2.75) is 58.2 Å². The molecule has 1 unspecified atom stereocenters. The van der Waals surface area contributed by atoms with E-state index in [1.807, 2.05) is 0 Å². The second-order valence-corrected chi connectivity index (χ2v) is 5.41. The number of carbonyl (C=O) groups is 1. The van der Waals surface area contributed by atoms with Crippen LogP contribution >= 0.6 is 0 Å². The Morgan fingerprint density at radius 2 is 2.22 bits per heavy atom. The van der Waals surface area contributed by atoms with E-state index in [-0.39, 0.29) is 12.3 Å². The number of rotatable bonds is 5. The number of carbonyl (C=O) groups excluding carboxylic acids is 1. The highest BCUT2D eigenvalue weighted by molar-refractivity contribution is 5.72. The first-order valence-corrected chi connectivity index (χ1v) is 7.05. The molecule has 1 aliphatic carbocycles. The fourth-order valence-corrected chi connectivity index (χ4v) is 2.56. The maximum absolute atomic E-state index is 11.6. The van der Waals surface area contributed by atoms with Crippen LogP contribution in [0.1, 0.15) is 51.9 Å². The second-order valence-electron chi connectivity index (χ2n) is 5.41. The first-order chi connectivity index (χ1) is 8.74. The lowest BCUT2D eigenvalue weighted by Crippen LogP contribution is -2.46. The Labute approximate surface area is 109 Å². The van der Waals surface area contributed by atoms with E-state index in [9.17, 15) is 4.79 Å². The minimum Gasteiger partial charge on any atom is -0.350 e. The molecule has 0 bridgehead atoms. The molecule has 0 radical (unpaired) electrons. The van der Waals surface area contributed by atoms with Crippen LogP contribution in [0.25, 0.3) is 0 Å². The topological polar surface area (TPSA) is 59.6 Å². The molecule has 2 N–H and O–H groups in total. The summed E-state index contributed by atoms with van der Waals surface area (Å²) in [6.07, 6.45) is 7.57. The fraction of sp³-hybridized carbons (Fsp3) is 0.923. The van der Waals surface area contributed by atoms with Gasteiger partial charge in [-0.2, -0.15) is 0 Å². The van der Waals surface area contributed by atoms with Gasteiger partial charge in [-0.3, -0.25) is 0 Å². The summed E-state index contributed by atoms with van der Waals surface area (Å²) in [5.41, 5.74) is 2.75. The number of hydroxylamine groups is 1. The van der Waals surface area contributed by atoms with Crippen LogP contribution in [0.15, 0.2) is 0 Å². The van der Waals surface area contributed by atoms with Crippen LogP contribution in [0.3, 0.4) is 0 Å². The molecule has 1 saturated heterocycles. The smallest absolute Gasteiger partial charge is 0.338 e. The van der Waals surface area contributed by atoms with Crippen LogP contribution in [-0.2, 0) is 9.57 Å². The number of ether oxygens (including phenoxy) is 1. The summed E-state index contributed by atoms with van der Waals surface area (Å²) >= 11 is 0. The van der Waals surface area contributed by atoms with E-state index in [2.05, 4.69) is 17.7 Å². The van der Waals surface area contributed by atoms with Crippen molar-refractivity contribution in [1.29, 1.82) is 0 Å². The van der Waals surface area contributed by atoms with Crippen molar-refractivity contribution in [1.82, 2.24) is 10.8 Å². The van der Waals surface area contributed by atoms with Gasteiger partial charge in [0.1, 0.15) is 0 Å². The highest BCUT2D eigenvalue weighted by atomic mass is 16.8. The van der Waals surface area contributed by atoms with Crippen molar-refractivity contribution >= 4 is 6.03 Å². The normalized spacial score (nSPS) is 26.2. The first kappa shape index (κ1) is 13.6. The Hall–Kier alpha value is -0.810. The number of urea groups is 1. The minimum atomic E-state index is -0.284. The van der Waals surface area contributed by atoms with Gasteiger partial charge in [0, 0.05) is 19.6 Å². The van der Waals surface area contributed by atoms with Crippen molar-refractivity contribution in [2.75, 3.05) is 13.2 Å². The third-order valence-electron chi connectivity index (χ3n) is 4.21. The molecule has 2 fully saturated rings. The maximum atomic E-state index is 11.6. The number of hydrogen-bond acceptors (Lipinski definition) is 3. The molecule has 5 heteroatoms. The van der Waals surface area contributed by atoms with Crippen molar-refractivity contribution in [3.05, 3.63) is 0 Å². The van der Waals surface area contributed by atoms with Crippen LogP contribution in [0, 0.1) is 5.41 Å².